The maximum absolute atomic E-state index is 13.4. The maximum Gasteiger partial charge on any atom is 0.406 e. The van der Waals surface area contributed by atoms with Crippen LogP contribution in [-0.4, -0.2) is 59.6 Å². The van der Waals surface area contributed by atoms with Crippen molar-refractivity contribution in [3.8, 4) is 5.75 Å². The first-order valence-corrected chi connectivity index (χ1v) is 12.2. The number of nitrogens with one attached hydrogen (secondary N) is 2. The lowest BCUT2D eigenvalue weighted by Crippen LogP contribution is -2.53. The minimum absolute atomic E-state index is 0.139. The van der Waals surface area contributed by atoms with Gasteiger partial charge in [-0.05, 0) is 43.5 Å². The monoisotopic (exact) mass is 526 g/mol. The Morgan fingerprint density at radius 3 is 2.82 bits per heavy atom. The molecule has 4 rings (SSSR count). The molecule has 38 heavy (non-hydrogen) atoms. The summed E-state index contributed by atoms with van der Waals surface area (Å²) >= 11 is 0. The van der Waals surface area contributed by atoms with Crippen molar-refractivity contribution >= 4 is 29.3 Å². The van der Waals surface area contributed by atoms with Crippen LogP contribution in [-0.2, 0) is 4.79 Å². The van der Waals surface area contributed by atoms with Crippen LogP contribution in [0.1, 0.15) is 24.8 Å². The molecule has 0 aliphatic carbocycles. The average molecular weight is 527 g/mol. The van der Waals surface area contributed by atoms with E-state index in [2.05, 4.69) is 20.7 Å². The maximum atomic E-state index is 13.4. The summed E-state index contributed by atoms with van der Waals surface area (Å²) in [5, 5.41) is 4.79. The second-order valence-electron chi connectivity index (χ2n) is 8.73. The summed E-state index contributed by atoms with van der Waals surface area (Å²) in [4.78, 5) is 22.7. The number of pyridine rings is 1. The first-order chi connectivity index (χ1) is 18.3. The van der Waals surface area contributed by atoms with Crippen molar-refractivity contribution < 1.29 is 22.7 Å². The molecule has 11 heteroatoms. The molecule has 0 saturated carbocycles. The number of aromatic nitrogens is 1. The summed E-state index contributed by atoms with van der Waals surface area (Å²) in [6.07, 6.45) is 10.6. The van der Waals surface area contributed by atoms with Gasteiger partial charge in [-0.3, -0.25) is 20.2 Å². The first-order valence-electron chi connectivity index (χ1n) is 12.2. The minimum Gasteiger partial charge on any atom is -0.495 e. The Morgan fingerprint density at radius 1 is 1.21 bits per heavy atom. The fourth-order valence-electron chi connectivity index (χ4n) is 4.15. The van der Waals surface area contributed by atoms with E-state index in [4.69, 9.17) is 4.74 Å². The second-order valence-corrected chi connectivity index (χ2v) is 8.73. The number of allylic oxidation sites excluding steroid dienone is 3. The number of halogens is 3. The largest absolute Gasteiger partial charge is 0.495 e. The van der Waals surface area contributed by atoms with Gasteiger partial charge in [-0.2, -0.15) is 13.2 Å². The van der Waals surface area contributed by atoms with Crippen LogP contribution in [0.3, 0.4) is 0 Å². The molecule has 0 spiro atoms. The number of rotatable bonds is 6. The van der Waals surface area contributed by atoms with Crippen LogP contribution >= 0.6 is 0 Å². The molecule has 2 aliphatic rings. The number of hydrogen-bond donors (Lipinski definition) is 2. The van der Waals surface area contributed by atoms with Gasteiger partial charge in [0.25, 0.3) is 0 Å². The summed E-state index contributed by atoms with van der Waals surface area (Å²) in [5.74, 6) is -0.0469. The highest BCUT2D eigenvalue weighted by molar-refractivity contribution is 5.84. The van der Waals surface area contributed by atoms with Gasteiger partial charge in [0.1, 0.15) is 24.7 Å². The highest BCUT2D eigenvalue weighted by Crippen LogP contribution is 2.32. The summed E-state index contributed by atoms with van der Waals surface area (Å²) in [7, 11) is 1.55. The molecule has 8 nitrogen and oxygen atoms in total. The molecule has 1 aromatic heterocycles. The third-order valence-corrected chi connectivity index (χ3v) is 5.97. The van der Waals surface area contributed by atoms with Crippen molar-refractivity contribution in [2.24, 2.45) is 4.99 Å². The van der Waals surface area contributed by atoms with Crippen LogP contribution in [0, 0.1) is 0 Å². The van der Waals surface area contributed by atoms with Gasteiger partial charge in [-0.1, -0.05) is 30.4 Å². The van der Waals surface area contributed by atoms with E-state index in [-0.39, 0.29) is 6.54 Å². The van der Waals surface area contributed by atoms with E-state index < -0.39 is 24.7 Å². The third-order valence-electron chi connectivity index (χ3n) is 5.97. The van der Waals surface area contributed by atoms with Crippen molar-refractivity contribution in [1.29, 1.82) is 0 Å². The molecule has 200 valence electrons. The summed E-state index contributed by atoms with van der Waals surface area (Å²) < 4.78 is 45.4. The highest BCUT2D eigenvalue weighted by atomic mass is 19.4. The number of amides is 1. The number of benzene rings is 1. The van der Waals surface area contributed by atoms with Gasteiger partial charge in [-0.25, -0.2) is 4.99 Å². The van der Waals surface area contributed by atoms with Crippen LogP contribution in [0.2, 0.25) is 0 Å². The number of nitrogens with zero attached hydrogens (tertiary/aromatic N) is 4. The number of carbonyl (C=O) groups excluding carboxylic acids is 1. The summed E-state index contributed by atoms with van der Waals surface area (Å²) in [6.45, 7) is -1.46. The van der Waals surface area contributed by atoms with Gasteiger partial charge >= 0.3 is 6.18 Å². The van der Waals surface area contributed by atoms with Crippen molar-refractivity contribution in [3.05, 3.63) is 78.8 Å². The molecule has 1 amide bonds. The van der Waals surface area contributed by atoms with Crippen molar-refractivity contribution in [2.45, 2.75) is 31.5 Å². The number of hydrogen-bond acceptors (Lipinski definition) is 7. The van der Waals surface area contributed by atoms with Gasteiger partial charge in [0.2, 0.25) is 5.91 Å². The van der Waals surface area contributed by atoms with E-state index >= 15 is 0 Å². The van der Waals surface area contributed by atoms with Crippen molar-refractivity contribution in [3.63, 3.8) is 0 Å². The van der Waals surface area contributed by atoms with E-state index in [1.807, 2.05) is 30.3 Å². The topological polar surface area (TPSA) is 82.1 Å². The van der Waals surface area contributed by atoms with Gasteiger partial charge < -0.3 is 15.0 Å². The molecule has 1 atom stereocenters. The number of anilines is 2. The predicted octanol–water partition coefficient (Wildman–Crippen LogP) is 5.04. The van der Waals surface area contributed by atoms with Gasteiger partial charge in [0.05, 0.1) is 30.4 Å². The SMILES string of the molecule is COc1cc(C2=CN(C3CCC/C=C\C=C/CN(CC(F)(F)F)C3=O)NC=N2)ccc1Nc1cccnc1. The highest BCUT2D eigenvalue weighted by Gasteiger charge is 2.36. The van der Waals surface area contributed by atoms with Crippen LogP contribution in [0.15, 0.2) is 78.2 Å². The van der Waals surface area contributed by atoms with Crippen LogP contribution < -0.4 is 15.5 Å². The Bertz CT molecular complexity index is 1230. The van der Waals surface area contributed by atoms with Crippen LogP contribution in [0.5, 0.6) is 5.75 Å². The van der Waals surface area contributed by atoms with E-state index in [1.165, 1.54) is 11.3 Å². The van der Waals surface area contributed by atoms with Crippen molar-refractivity contribution in [2.75, 3.05) is 25.5 Å². The van der Waals surface area contributed by atoms with E-state index in [0.29, 0.717) is 36.3 Å². The Kier molecular flexibility index (Phi) is 8.67. The number of alkyl halides is 3. The van der Waals surface area contributed by atoms with Gasteiger partial charge in [0, 0.05) is 24.5 Å². The molecule has 0 fully saturated rings. The average Bonchev–Trinajstić information content (AvgIpc) is 2.94. The quantitative estimate of drug-likeness (QED) is 0.549. The molecule has 1 aromatic carbocycles. The predicted molar refractivity (Wildman–Crippen MR) is 141 cm³/mol. The zero-order valence-electron chi connectivity index (χ0n) is 20.9. The molecule has 2 aliphatic heterocycles. The number of aliphatic imine (C=N–C) groups is 1. The fraction of sp³-hybridized carbons (Fsp3) is 0.296. The molecular weight excluding hydrogens is 497 g/mol. The minimum atomic E-state index is -4.51. The molecule has 0 saturated heterocycles. The van der Waals surface area contributed by atoms with Crippen LogP contribution in [0.25, 0.3) is 5.70 Å². The zero-order valence-corrected chi connectivity index (χ0v) is 20.9. The number of carbonyl (C=O) groups is 1. The summed E-state index contributed by atoms with van der Waals surface area (Å²) in [5.41, 5.74) is 5.68. The molecule has 0 radical (unpaired) electrons. The molecule has 1 unspecified atom stereocenters. The van der Waals surface area contributed by atoms with Gasteiger partial charge in [-0.15, -0.1) is 0 Å². The number of methoxy groups -OCH3 is 1. The molecule has 0 bridgehead atoms. The first kappa shape index (κ1) is 26.8. The Balaban J connectivity index is 1.60. The Hall–Kier alpha value is -4.28. The lowest BCUT2D eigenvalue weighted by molar-refractivity contribution is -0.163. The Labute approximate surface area is 219 Å². The standard InChI is InChI=1S/C27H29F3N6O2/c1-38-25-15-20(11-12-22(25)34-21-9-8-13-31-16-21)23-17-36(33-19-32-23)24-10-6-4-2-3-5-7-14-35(26(24)37)18-27(28,29)30/h2-3,5,7-9,11-13,15-17,19,24,34H,4,6,10,14,18H2,1H3,(H,32,33)/b3-2-,7-5-. The van der Waals surface area contributed by atoms with E-state index in [9.17, 15) is 18.0 Å². The third kappa shape index (κ3) is 7.15. The normalized spacial score (nSPS) is 20.2. The number of ether oxygens (including phenoxy) is 1. The lowest BCUT2D eigenvalue weighted by atomic mass is 10.1. The second kappa shape index (κ2) is 12.3. The van der Waals surface area contributed by atoms with Crippen molar-refractivity contribution in [1.82, 2.24) is 20.3 Å². The molecule has 2 N–H and O–H groups in total. The molecule has 2 aromatic rings. The Morgan fingerprint density at radius 2 is 2.05 bits per heavy atom. The summed E-state index contributed by atoms with van der Waals surface area (Å²) in [6, 6.07) is 8.33. The van der Waals surface area contributed by atoms with Crippen LogP contribution in [0.4, 0.5) is 24.5 Å². The zero-order chi connectivity index (χ0) is 27.0. The fourth-order valence-corrected chi connectivity index (χ4v) is 4.15. The van der Waals surface area contributed by atoms with E-state index in [1.54, 1.807) is 50.0 Å². The smallest absolute Gasteiger partial charge is 0.406 e. The van der Waals surface area contributed by atoms with Gasteiger partial charge in [0.15, 0.2) is 0 Å². The van der Waals surface area contributed by atoms with E-state index in [0.717, 1.165) is 16.3 Å². The molecule has 3 heterocycles. The molecular formula is C27H29F3N6O2. The number of hydrazine groups is 1. The lowest BCUT2D eigenvalue weighted by Gasteiger charge is -2.35.